The number of aryl methyl sites for hydroxylation is 2. The van der Waals surface area contributed by atoms with Gasteiger partial charge in [0, 0.05) is 21.5 Å². The maximum absolute atomic E-state index is 13.1. The zero-order valence-electron chi connectivity index (χ0n) is 19.3. The second kappa shape index (κ2) is 10.1. The van der Waals surface area contributed by atoms with Crippen LogP contribution in [-0.2, 0) is 16.0 Å². The number of benzene rings is 3. The Morgan fingerprint density at radius 1 is 1.00 bits per heavy atom. The lowest BCUT2D eigenvalue weighted by molar-refractivity contribution is -0.122. The third-order valence-electron chi connectivity index (χ3n) is 5.56. The molecule has 6 nitrogen and oxygen atoms in total. The van der Waals surface area contributed by atoms with Gasteiger partial charge in [-0.3, -0.25) is 14.9 Å². The summed E-state index contributed by atoms with van der Waals surface area (Å²) < 4.78 is 6.41. The van der Waals surface area contributed by atoms with Crippen molar-refractivity contribution in [3.05, 3.63) is 97.5 Å². The van der Waals surface area contributed by atoms with E-state index in [0.29, 0.717) is 28.4 Å². The molecule has 178 valence electrons. The van der Waals surface area contributed by atoms with E-state index in [4.69, 9.17) is 16.3 Å². The second-order valence-electron chi connectivity index (χ2n) is 8.29. The summed E-state index contributed by atoms with van der Waals surface area (Å²) in [5.41, 5.74) is 5.15. The molecule has 0 aromatic heterocycles. The normalized spacial score (nSPS) is 14.9. The summed E-state index contributed by atoms with van der Waals surface area (Å²) in [6.07, 6.45) is 2.09. The van der Waals surface area contributed by atoms with Gasteiger partial charge in [-0.1, -0.05) is 56.9 Å². The molecule has 0 aliphatic carbocycles. The number of methoxy groups -OCH3 is 1. The van der Waals surface area contributed by atoms with Crippen molar-refractivity contribution in [2.45, 2.75) is 20.3 Å². The van der Waals surface area contributed by atoms with Crippen LogP contribution < -0.4 is 15.0 Å². The Hall–Kier alpha value is -3.42. The minimum atomic E-state index is -0.818. The van der Waals surface area contributed by atoms with E-state index in [0.717, 1.165) is 20.5 Å². The fraction of sp³-hybridized carbons (Fsp3) is 0.148. The molecule has 0 bridgehead atoms. The third kappa shape index (κ3) is 5.31. The molecular weight excluding hydrogens is 532 g/mol. The van der Waals surface area contributed by atoms with Gasteiger partial charge >= 0.3 is 6.03 Å². The quantitative estimate of drug-likeness (QED) is 0.311. The lowest BCUT2D eigenvalue weighted by Gasteiger charge is -2.26. The van der Waals surface area contributed by atoms with Gasteiger partial charge < -0.3 is 4.74 Å². The minimum absolute atomic E-state index is 0.171. The molecule has 1 N–H and O–H groups in total. The van der Waals surface area contributed by atoms with E-state index in [-0.39, 0.29) is 5.57 Å². The molecule has 0 unspecified atom stereocenters. The van der Waals surface area contributed by atoms with Crippen molar-refractivity contribution in [2.75, 3.05) is 12.0 Å². The second-order valence-corrected chi connectivity index (χ2v) is 9.58. The van der Waals surface area contributed by atoms with Crippen molar-refractivity contribution in [1.82, 2.24) is 5.32 Å². The van der Waals surface area contributed by atoms with Gasteiger partial charge in [-0.05, 0) is 67.4 Å². The van der Waals surface area contributed by atoms with Crippen LogP contribution >= 0.6 is 27.5 Å². The van der Waals surface area contributed by atoms with Crippen LogP contribution in [0.4, 0.5) is 10.5 Å². The van der Waals surface area contributed by atoms with Crippen LogP contribution in [0.1, 0.15) is 27.8 Å². The highest BCUT2D eigenvalue weighted by atomic mass is 79.9. The SMILES string of the molecule is COc1cc(/C=C2\C(=O)NC(=O)N(c3ccc(Cl)cc3)C2=O)cc(Br)c1Cc1cc(C)cc(C)c1. The number of amides is 4. The summed E-state index contributed by atoms with van der Waals surface area (Å²) in [6.45, 7) is 4.12. The Morgan fingerprint density at radius 2 is 1.66 bits per heavy atom. The Bertz CT molecular complexity index is 1360. The zero-order chi connectivity index (χ0) is 25.3. The Kier molecular flexibility index (Phi) is 7.10. The number of nitrogens with zero attached hydrogens (tertiary/aromatic N) is 1. The molecule has 35 heavy (non-hydrogen) atoms. The molecule has 1 aliphatic heterocycles. The number of imide groups is 2. The molecule has 0 saturated carbocycles. The lowest BCUT2D eigenvalue weighted by atomic mass is 9.98. The van der Waals surface area contributed by atoms with Crippen molar-refractivity contribution in [2.24, 2.45) is 0 Å². The van der Waals surface area contributed by atoms with Crippen molar-refractivity contribution in [1.29, 1.82) is 0 Å². The maximum atomic E-state index is 13.1. The number of rotatable bonds is 5. The minimum Gasteiger partial charge on any atom is -0.496 e. The van der Waals surface area contributed by atoms with Crippen LogP contribution in [0.15, 0.2) is 64.6 Å². The molecule has 1 saturated heterocycles. The van der Waals surface area contributed by atoms with E-state index < -0.39 is 17.8 Å². The monoisotopic (exact) mass is 552 g/mol. The summed E-state index contributed by atoms with van der Waals surface area (Å²) >= 11 is 9.54. The van der Waals surface area contributed by atoms with Gasteiger partial charge in [0.2, 0.25) is 0 Å². The molecule has 0 atom stereocenters. The molecule has 1 aliphatic rings. The molecule has 4 amide bonds. The van der Waals surface area contributed by atoms with E-state index in [9.17, 15) is 14.4 Å². The molecule has 1 fully saturated rings. The number of carbonyl (C=O) groups is 3. The predicted molar refractivity (Wildman–Crippen MR) is 140 cm³/mol. The number of anilines is 1. The van der Waals surface area contributed by atoms with Crippen molar-refractivity contribution in [3.63, 3.8) is 0 Å². The molecule has 1 heterocycles. The fourth-order valence-electron chi connectivity index (χ4n) is 4.09. The topological polar surface area (TPSA) is 75.7 Å². The average Bonchev–Trinajstić information content (AvgIpc) is 2.78. The molecule has 0 radical (unpaired) electrons. The first-order valence-corrected chi connectivity index (χ1v) is 11.9. The summed E-state index contributed by atoms with van der Waals surface area (Å²) in [6, 6.07) is 15.3. The molecular formula is C27H22BrClN2O4. The average molecular weight is 554 g/mol. The summed E-state index contributed by atoms with van der Waals surface area (Å²) in [5.74, 6) is -0.880. The van der Waals surface area contributed by atoms with Crippen LogP contribution in [0.5, 0.6) is 5.75 Å². The van der Waals surface area contributed by atoms with E-state index in [1.807, 2.05) is 6.07 Å². The smallest absolute Gasteiger partial charge is 0.335 e. The lowest BCUT2D eigenvalue weighted by Crippen LogP contribution is -2.54. The number of hydrogen-bond donors (Lipinski definition) is 1. The summed E-state index contributed by atoms with van der Waals surface area (Å²) in [4.78, 5) is 39.0. The number of hydrogen-bond acceptors (Lipinski definition) is 4. The van der Waals surface area contributed by atoms with Crippen LogP contribution in [0.2, 0.25) is 5.02 Å². The first-order valence-electron chi connectivity index (χ1n) is 10.8. The van der Waals surface area contributed by atoms with E-state index in [1.165, 1.54) is 29.3 Å². The first kappa shape index (κ1) is 24.7. The molecule has 3 aromatic carbocycles. The van der Waals surface area contributed by atoms with Crippen LogP contribution in [0.3, 0.4) is 0 Å². The number of ether oxygens (including phenoxy) is 1. The van der Waals surface area contributed by atoms with Crippen molar-refractivity contribution >= 4 is 57.1 Å². The number of halogens is 2. The fourth-order valence-corrected chi connectivity index (χ4v) is 4.82. The third-order valence-corrected chi connectivity index (χ3v) is 6.52. The van der Waals surface area contributed by atoms with E-state index in [1.54, 1.807) is 25.3 Å². The Balaban J connectivity index is 1.70. The Morgan fingerprint density at radius 3 is 2.29 bits per heavy atom. The first-order chi connectivity index (χ1) is 16.7. The van der Waals surface area contributed by atoms with Gasteiger partial charge in [-0.2, -0.15) is 0 Å². The van der Waals surface area contributed by atoms with Crippen molar-refractivity contribution < 1.29 is 19.1 Å². The zero-order valence-corrected chi connectivity index (χ0v) is 21.7. The van der Waals surface area contributed by atoms with Gasteiger partial charge in [-0.15, -0.1) is 0 Å². The predicted octanol–water partition coefficient (Wildman–Crippen LogP) is 5.99. The standard InChI is InChI=1S/C27H22BrClN2O4/c1-15-8-16(2)10-17(9-15)11-21-23(28)13-18(14-24(21)35-3)12-22-25(32)30-27(34)31(26(22)33)20-6-4-19(29)5-7-20/h4-10,12-14H,11H2,1-3H3,(H,30,32,34)/b22-12+. The molecule has 3 aromatic rings. The van der Waals surface area contributed by atoms with E-state index in [2.05, 4.69) is 53.3 Å². The Labute approximate surface area is 216 Å². The highest BCUT2D eigenvalue weighted by Gasteiger charge is 2.36. The summed E-state index contributed by atoms with van der Waals surface area (Å²) in [7, 11) is 1.57. The molecule has 8 heteroatoms. The van der Waals surface area contributed by atoms with Gasteiger partial charge in [0.05, 0.1) is 12.8 Å². The van der Waals surface area contributed by atoms with Gasteiger partial charge in [0.25, 0.3) is 11.8 Å². The molecule has 4 rings (SSSR count). The number of barbiturate groups is 1. The van der Waals surface area contributed by atoms with E-state index >= 15 is 0 Å². The van der Waals surface area contributed by atoms with Gasteiger partial charge in [0.15, 0.2) is 0 Å². The van der Waals surface area contributed by atoms with Gasteiger partial charge in [0.1, 0.15) is 11.3 Å². The van der Waals surface area contributed by atoms with Crippen LogP contribution in [-0.4, -0.2) is 25.0 Å². The summed E-state index contributed by atoms with van der Waals surface area (Å²) in [5, 5.41) is 2.69. The number of carbonyl (C=O) groups excluding carboxylic acids is 3. The van der Waals surface area contributed by atoms with Crippen LogP contribution in [0.25, 0.3) is 6.08 Å². The van der Waals surface area contributed by atoms with Gasteiger partial charge in [-0.25, -0.2) is 9.69 Å². The number of urea groups is 1. The number of nitrogens with one attached hydrogen (secondary N) is 1. The van der Waals surface area contributed by atoms with Crippen LogP contribution in [0, 0.1) is 13.8 Å². The molecule has 0 spiro atoms. The maximum Gasteiger partial charge on any atom is 0.335 e. The van der Waals surface area contributed by atoms with Crippen molar-refractivity contribution in [3.8, 4) is 5.75 Å². The largest absolute Gasteiger partial charge is 0.496 e. The highest BCUT2D eigenvalue weighted by Crippen LogP contribution is 2.33. The highest BCUT2D eigenvalue weighted by molar-refractivity contribution is 9.10.